The lowest BCUT2D eigenvalue weighted by molar-refractivity contribution is 0.0935. The van der Waals surface area contributed by atoms with E-state index < -0.39 is 0 Å². The Morgan fingerprint density at radius 3 is 2.67 bits per heavy atom. The van der Waals surface area contributed by atoms with Gasteiger partial charge in [0.1, 0.15) is 0 Å². The Labute approximate surface area is 108 Å². The molecule has 0 saturated heterocycles. The van der Waals surface area contributed by atoms with Crippen LogP contribution in [0.25, 0.3) is 0 Å². The van der Waals surface area contributed by atoms with Crippen LogP contribution in [-0.2, 0) is 6.42 Å². The van der Waals surface area contributed by atoms with Gasteiger partial charge in [-0.05, 0) is 30.6 Å². The summed E-state index contributed by atoms with van der Waals surface area (Å²) in [6.45, 7) is 7.11. The van der Waals surface area contributed by atoms with E-state index in [0.717, 1.165) is 18.7 Å². The normalized spacial score (nSPS) is 16.9. The number of hydrogen-bond donors (Lipinski definition) is 3. The summed E-state index contributed by atoms with van der Waals surface area (Å²) in [5.41, 5.74) is 7.80. The van der Waals surface area contributed by atoms with Crippen LogP contribution in [0.1, 0.15) is 49.8 Å². The smallest absolute Gasteiger partial charge is 0.273 e. The van der Waals surface area contributed by atoms with Crippen molar-refractivity contribution in [2.24, 2.45) is 11.3 Å². The molecule has 4 N–H and O–H groups in total. The first kappa shape index (κ1) is 12.9. The predicted octanol–water partition coefficient (Wildman–Crippen LogP) is 1.72. The quantitative estimate of drug-likeness (QED) is 0.744. The zero-order valence-corrected chi connectivity index (χ0v) is 11.3. The summed E-state index contributed by atoms with van der Waals surface area (Å²) in [4.78, 5) is 12.0. The van der Waals surface area contributed by atoms with Crippen LogP contribution in [0.15, 0.2) is 0 Å². The van der Waals surface area contributed by atoms with Gasteiger partial charge in [0.15, 0.2) is 5.69 Å². The number of H-pyrrole nitrogens is 1. The third-order valence-corrected chi connectivity index (χ3v) is 4.17. The van der Waals surface area contributed by atoms with Gasteiger partial charge in [0.05, 0.1) is 11.4 Å². The number of anilines is 1. The zero-order valence-electron chi connectivity index (χ0n) is 11.3. The number of aromatic nitrogens is 2. The molecule has 0 bridgehead atoms. The van der Waals surface area contributed by atoms with E-state index in [-0.39, 0.29) is 5.91 Å². The average molecular weight is 250 g/mol. The van der Waals surface area contributed by atoms with Crippen molar-refractivity contribution in [1.82, 2.24) is 15.5 Å². The minimum Gasteiger partial charge on any atom is -0.395 e. The number of nitrogens with one attached hydrogen (secondary N) is 2. The maximum Gasteiger partial charge on any atom is 0.273 e. The molecule has 1 saturated carbocycles. The van der Waals surface area contributed by atoms with E-state index in [9.17, 15) is 4.79 Å². The number of nitrogens with two attached hydrogens (primary N) is 1. The highest BCUT2D eigenvalue weighted by atomic mass is 16.1. The lowest BCUT2D eigenvalue weighted by atomic mass is 9.92. The number of amides is 1. The SMILES string of the molecule is CCc1[nH]nc(C(=O)NCC2(C(C)C)CC2)c1N. The Balaban J connectivity index is 1.98. The van der Waals surface area contributed by atoms with Crippen molar-refractivity contribution in [3.05, 3.63) is 11.4 Å². The molecule has 1 amide bonds. The molecule has 18 heavy (non-hydrogen) atoms. The van der Waals surface area contributed by atoms with Gasteiger partial charge in [0, 0.05) is 6.54 Å². The van der Waals surface area contributed by atoms with E-state index >= 15 is 0 Å². The first-order valence-electron chi connectivity index (χ1n) is 6.61. The van der Waals surface area contributed by atoms with E-state index in [0.29, 0.717) is 22.7 Å². The van der Waals surface area contributed by atoms with Crippen molar-refractivity contribution in [1.29, 1.82) is 0 Å². The van der Waals surface area contributed by atoms with Gasteiger partial charge in [-0.2, -0.15) is 5.10 Å². The number of nitrogens with zero attached hydrogens (tertiary/aromatic N) is 1. The summed E-state index contributed by atoms with van der Waals surface area (Å²) >= 11 is 0. The number of aryl methyl sites for hydroxylation is 1. The zero-order chi connectivity index (χ0) is 13.3. The number of rotatable bonds is 5. The summed E-state index contributed by atoms with van der Waals surface area (Å²) < 4.78 is 0. The lowest BCUT2D eigenvalue weighted by Crippen LogP contribution is -2.33. The van der Waals surface area contributed by atoms with Crippen molar-refractivity contribution in [2.45, 2.75) is 40.0 Å². The Morgan fingerprint density at radius 2 is 2.22 bits per heavy atom. The van der Waals surface area contributed by atoms with Crippen molar-refractivity contribution in [2.75, 3.05) is 12.3 Å². The lowest BCUT2D eigenvalue weighted by Gasteiger charge is -2.19. The third kappa shape index (κ3) is 2.21. The summed E-state index contributed by atoms with van der Waals surface area (Å²) in [5.74, 6) is 0.427. The van der Waals surface area contributed by atoms with Crippen molar-refractivity contribution in [3.63, 3.8) is 0 Å². The number of carbonyl (C=O) groups excluding carboxylic acids is 1. The van der Waals surface area contributed by atoms with Crippen LogP contribution >= 0.6 is 0 Å². The molecule has 0 atom stereocenters. The van der Waals surface area contributed by atoms with E-state index in [4.69, 9.17) is 5.73 Å². The molecule has 1 aliphatic carbocycles. The number of aromatic amines is 1. The molecule has 0 spiro atoms. The molecule has 1 heterocycles. The fraction of sp³-hybridized carbons (Fsp3) is 0.692. The average Bonchev–Trinajstić information content (AvgIpc) is 3.05. The highest BCUT2D eigenvalue weighted by molar-refractivity contribution is 5.97. The van der Waals surface area contributed by atoms with Crippen LogP contribution < -0.4 is 11.1 Å². The molecule has 5 nitrogen and oxygen atoms in total. The van der Waals surface area contributed by atoms with Gasteiger partial charge in [-0.1, -0.05) is 20.8 Å². The molecule has 5 heteroatoms. The predicted molar refractivity (Wildman–Crippen MR) is 71.2 cm³/mol. The first-order chi connectivity index (χ1) is 8.50. The molecule has 0 unspecified atom stereocenters. The minimum absolute atomic E-state index is 0.171. The van der Waals surface area contributed by atoms with E-state index in [1.807, 2.05) is 6.92 Å². The summed E-state index contributed by atoms with van der Waals surface area (Å²) in [5, 5.41) is 9.75. The molecule has 1 aromatic heterocycles. The highest BCUT2D eigenvalue weighted by Crippen LogP contribution is 2.51. The van der Waals surface area contributed by atoms with Gasteiger partial charge >= 0.3 is 0 Å². The fourth-order valence-electron chi connectivity index (χ4n) is 2.29. The van der Waals surface area contributed by atoms with E-state index in [1.54, 1.807) is 0 Å². The maximum absolute atomic E-state index is 12.0. The van der Waals surface area contributed by atoms with Gasteiger partial charge in [0.2, 0.25) is 0 Å². The number of nitrogen functional groups attached to an aromatic ring is 1. The summed E-state index contributed by atoms with van der Waals surface area (Å²) in [7, 11) is 0. The monoisotopic (exact) mass is 250 g/mol. The van der Waals surface area contributed by atoms with Crippen LogP contribution in [0.5, 0.6) is 0 Å². The van der Waals surface area contributed by atoms with Gasteiger partial charge in [0.25, 0.3) is 5.91 Å². The molecule has 0 radical (unpaired) electrons. The molecule has 0 aromatic carbocycles. The van der Waals surface area contributed by atoms with E-state index in [2.05, 4.69) is 29.4 Å². The standard InChI is InChI=1S/C13H22N4O/c1-4-9-10(14)11(17-16-9)12(18)15-7-13(5-6-13)8(2)3/h8H,4-7,14H2,1-3H3,(H,15,18)(H,16,17). The van der Waals surface area contributed by atoms with Gasteiger partial charge in [-0.15, -0.1) is 0 Å². The minimum atomic E-state index is -0.171. The largest absolute Gasteiger partial charge is 0.395 e. The second-order valence-corrected chi connectivity index (χ2v) is 5.52. The molecule has 1 aliphatic rings. The Hall–Kier alpha value is -1.52. The number of carbonyl (C=O) groups is 1. The summed E-state index contributed by atoms with van der Waals surface area (Å²) in [6, 6.07) is 0. The molecule has 1 aromatic rings. The van der Waals surface area contributed by atoms with Crippen LogP contribution in [0.4, 0.5) is 5.69 Å². The molecular weight excluding hydrogens is 228 g/mol. The van der Waals surface area contributed by atoms with Gasteiger partial charge in [-0.3, -0.25) is 9.89 Å². The molecule has 1 fully saturated rings. The Bertz CT molecular complexity index is 446. The fourth-order valence-corrected chi connectivity index (χ4v) is 2.29. The second-order valence-electron chi connectivity index (χ2n) is 5.52. The molecular formula is C13H22N4O. The van der Waals surface area contributed by atoms with Crippen LogP contribution in [0.3, 0.4) is 0 Å². The van der Waals surface area contributed by atoms with Crippen LogP contribution in [0.2, 0.25) is 0 Å². The topological polar surface area (TPSA) is 83.8 Å². The van der Waals surface area contributed by atoms with Gasteiger partial charge < -0.3 is 11.1 Å². The van der Waals surface area contributed by atoms with Crippen molar-refractivity contribution >= 4 is 11.6 Å². The second kappa shape index (κ2) is 4.63. The van der Waals surface area contributed by atoms with Crippen molar-refractivity contribution < 1.29 is 4.79 Å². The first-order valence-corrected chi connectivity index (χ1v) is 6.61. The van der Waals surface area contributed by atoms with E-state index in [1.165, 1.54) is 12.8 Å². The Morgan fingerprint density at radius 1 is 1.56 bits per heavy atom. The highest BCUT2D eigenvalue weighted by Gasteiger charge is 2.45. The Kier molecular flexibility index (Phi) is 3.32. The third-order valence-electron chi connectivity index (χ3n) is 4.17. The summed E-state index contributed by atoms with van der Waals surface area (Å²) in [6.07, 6.45) is 3.14. The van der Waals surface area contributed by atoms with Crippen LogP contribution in [0, 0.1) is 11.3 Å². The molecule has 100 valence electrons. The number of hydrogen-bond acceptors (Lipinski definition) is 3. The van der Waals surface area contributed by atoms with Crippen molar-refractivity contribution in [3.8, 4) is 0 Å². The van der Waals surface area contributed by atoms with Crippen LogP contribution in [-0.4, -0.2) is 22.6 Å². The maximum atomic E-state index is 12.0. The molecule has 2 rings (SSSR count). The molecule has 0 aliphatic heterocycles. The van der Waals surface area contributed by atoms with Gasteiger partial charge in [-0.25, -0.2) is 0 Å².